The molecule has 2 aromatic rings. The maximum Gasteiger partial charge on any atom is 0.350 e. The van der Waals surface area contributed by atoms with E-state index in [4.69, 9.17) is 4.74 Å². The summed E-state index contributed by atoms with van der Waals surface area (Å²) in [6.45, 7) is 3.78. The Morgan fingerprint density at radius 1 is 1.42 bits per heavy atom. The molecule has 2 rings (SSSR count). The van der Waals surface area contributed by atoms with Gasteiger partial charge in [0, 0.05) is 6.42 Å². The standard InChI is InChI=1S/C14H15N3O2/c1-3-4-8-11(2)19-14-16-15-13(18)17(14)12-9-6-5-7-10-12/h5-7,9-11H,3H2,1-2H3,(H,15,18). The number of benzene rings is 1. The van der Waals surface area contributed by atoms with E-state index >= 15 is 0 Å². The van der Waals surface area contributed by atoms with Gasteiger partial charge in [0.25, 0.3) is 0 Å². The van der Waals surface area contributed by atoms with Crippen LogP contribution in [-0.4, -0.2) is 20.9 Å². The van der Waals surface area contributed by atoms with Crippen molar-refractivity contribution in [3.05, 3.63) is 40.8 Å². The van der Waals surface area contributed by atoms with Crippen LogP contribution in [0.25, 0.3) is 5.69 Å². The van der Waals surface area contributed by atoms with Gasteiger partial charge in [-0.15, -0.1) is 5.10 Å². The maximum absolute atomic E-state index is 11.8. The van der Waals surface area contributed by atoms with Crippen LogP contribution in [0.5, 0.6) is 6.01 Å². The first-order valence-corrected chi connectivity index (χ1v) is 6.10. The zero-order valence-corrected chi connectivity index (χ0v) is 10.9. The van der Waals surface area contributed by atoms with Gasteiger partial charge in [0.05, 0.1) is 5.69 Å². The zero-order chi connectivity index (χ0) is 13.7. The van der Waals surface area contributed by atoms with Gasteiger partial charge in [-0.3, -0.25) is 0 Å². The van der Waals surface area contributed by atoms with Gasteiger partial charge in [-0.05, 0) is 19.1 Å². The summed E-state index contributed by atoms with van der Waals surface area (Å²) in [7, 11) is 0. The molecule has 0 aliphatic heterocycles. The molecule has 19 heavy (non-hydrogen) atoms. The number of ether oxygens (including phenoxy) is 1. The molecule has 0 saturated heterocycles. The molecule has 0 aliphatic carbocycles. The molecule has 0 spiro atoms. The topological polar surface area (TPSA) is 59.9 Å². The molecule has 5 heteroatoms. The van der Waals surface area contributed by atoms with Crippen LogP contribution in [0.15, 0.2) is 35.1 Å². The number of H-pyrrole nitrogens is 1. The van der Waals surface area contributed by atoms with E-state index in [0.717, 1.165) is 6.42 Å². The number of aromatic nitrogens is 3. The van der Waals surface area contributed by atoms with Crippen molar-refractivity contribution in [1.82, 2.24) is 14.8 Å². The van der Waals surface area contributed by atoms with Crippen molar-refractivity contribution in [1.29, 1.82) is 0 Å². The Labute approximate surface area is 111 Å². The van der Waals surface area contributed by atoms with Gasteiger partial charge in [-0.2, -0.15) is 0 Å². The average Bonchev–Trinajstić information content (AvgIpc) is 2.78. The SMILES string of the molecule is CCC#CC(C)Oc1n[nH]c(=O)n1-c1ccccc1. The zero-order valence-electron chi connectivity index (χ0n) is 10.9. The lowest BCUT2D eigenvalue weighted by atomic mass is 10.3. The summed E-state index contributed by atoms with van der Waals surface area (Å²) in [6, 6.07) is 9.41. The molecule has 0 amide bonds. The lowest BCUT2D eigenvalue weighted by Crippen LogP contribution is -2.18. The van der Waals surface area contributed by atoms with Gasteiger partial charge in [0.15, 0.2) is 6.10 Å². The van der Waals surface area contributed by atoms with Crippen molar-refractivity contribution in [2.24, 2.45) is 0 Å². The predicted octanol–water partition coefficient (Wildman–Crippen LogP) is 1.74. The third-order valence-electron chi connectivity index (χ3n) is 2.42. The number of rotatable bonds is 3. The van der Waals surface area contributed by atoms with Crippen molar-refractivity contribution < 1.29 is 4.74 Å². The highest BCUT2D eigenvalue weighted by Crippen LogP contribution is 2.12. The molecule has 1 heterocycles. The Morgan fingerprint density at radius 2 is 2.16 bits per heavy atom. The highest BCUT2D eigenvalue weighted by atomic mass is 16.5. The van der Waals surface area contributed by atoms with E-state index in [9.17, 15) is 4.79 Å². The summed E-state index contributed by atoms with van der Waals surface area (Å²) in [5.74, 6) is 5.86. The van der Waals surface area contributed by atoms with E-state index in [2.05, 4.69) is 22.0 Å². The molecule has 0 saturated carbocycles. The van der Waals surface area contributed by atoms with Gasteiger partial charge < -0.3 is 4.74 Å². The van der Waals surface area contributed by atoms with Crippen LogP contribution in [0.2, 0.25) is 0 Å². The molecule has 1 N–H and O–H groups in total. The lowest BCUT2D eigenvalue weighted by Gasteiger charge is -2.09. The molecular formula is C14H15N3O2. The first kappa shape index (κ1) is 13.0. The quantitative estimate of drug-likeness (QED) is 0.852. The van der Waals surface area contributed by atoms with Gasteiger partial charge in [-0.25, -0.2) is 14.5 Å². The second-order valence-corrected chi connectivity index (χ2v) is 3.92. The summed E-state index contributed by atoms with van der Waals surface area (Å²) in [5, 5.41) is 6.26. The van der Waals surface area contributed by atoms with E-state index in [1.165, 1.54) is 4.57 Å². The molecular weight excluding hydrogens is 242 g/mol. The molecule has 0 aliphatic rings. The van der Waals surface area contributed by atoms with Crippen LogP contribution in [0.4, 0.5) is 0 Å². The lowest BCUT2D eigenvalue weighted by molar-refractivity contribution is 0.250. The van der Waals surface area contributed by atoms with E-state index < -0.39 is 0 Å². The van der Waals surface area contributed by atoms with Crippen LogP contribution in [-0.2, 0) is 0 Å². The minimum atomic E-state index is -0.336. The predicted molar refractivity (Wildman–Crippen MR) is 72.3 cm³/mol. The molecule has 0 radical (unpaired) electrons. The van der Waals surface area contributed by atoms with Gasteiger partial charge in [0.1, 0.15) is 0 Å². The number of nitrogens with zero attached hydrogens (tertiary/aromatic N) is 2. The fraction of sp³-hybridized carbons (Fsp3) is 0.286. The second kappa shape index (κ2) is 5.91. The largest absolute Gasteiger partial charge is 0.447 e. The number of aromatic amines is 1. The Hall–Kier alpha value is -2.48. The number of para-hydroxylation sites is 1. The summed E-state index contributed by atoms with van der Waals surface area (Å²) < 4.78 is 6.95. The molecule has 5 nitrogen and oxygen atoms in total. The highest BCUT2D eigenvalue weighted by Gasteiger charge is 2.13. The van der Waals surface area contributed by atoms with Crippen LogP contribution in [0.1, 0.15) is 20.3 Å². The fourth-order valence-electron chi connectivity index (χ4n) is 1.60. The first-order valence-electron chi connectivity index (χ1n) is 6.10. The van der Waals surface area contributed by atoms with Crippen molar-refractivity contribution in [3.63, 3.8) is 0 Å². The second-order valence-electron chi connectivity index (χ2n) is 3.92. The Morgan fingerprint density at radius 3 is 2.84 bits per heavy atom. The van der Waals surface area contributed by atoms with E-state index in [1.807, 2.05) is 44.2 Å². The third-order valence-corrected chi connectivity index (χ3v) is 2.42. The van der Waals surface area contributed by atoms with E-state index in [-0.39, 0.29) is 17.8 Å². The number of hydrogen-bond acceptors (Lipinski definition) is 3. The van der Waals surface area contributed by atoms with Crippen LogP contribution in [0, 0.1) is 11.8 Å². The summed E-state index contributed by atoms with van der Waals surface area (Å²) in [4.78, 5) is 11.8. The minimum absolute atomic E-state index is 0.217. The van der Waals surface area contributed by atoms with Gasteiger partial charge in [0.2, 0.25) is 0 Å². The van der Waals surface area contributed by atoms with Crippen LogP contribution in [0.3, 0.4) is 0 Å². The van der Waals surface area contributed by atoms with Crippen molar-refractivity contribution in [2.45, 2.75) is 26.4 Å². The molecule has 1 atom stereocenters. The number of nitrogens with one attached hydrogen (secondary N) is 1. The summed E-state index contributed by atoms with van der Waals surface area (Å²) in [6.07, 6.45) is 0.442. The first-order chi connectivity index (χ1) is 9.22. The monoisotopic (exact) mass is 257 g/mol. The number of hydrogen-bond donors (Lipinski definition) is 1. The fourth-order valence-corrected chi connectivity index (χ4v) is 1.60. The van der Waals surface area contributed by atoms with Crippen molar-refractivity contribution in [2.75, 3.05) is 0 Å². The minimum Gasteiger partial charge on any atom is -0.447 e. The normalized spacial score (nSPS) is 11.5. The Balaban J connectivity index is 2.31. The maximum atomic E-state index is 11.8. The Kier molecular flexibility index (Phi) is 4.04. The van der Waals surface area contributed by atoms with E-state index in [0.29, 0.717) is 5.69 Å². The Bertz CT molecular complexity index is 647. The van der Waals surface area contributed by atoms with Crippen molar-refractivity contribution >= 4 is 0 Å². The van der Waals surface area contributed by atoms with Crippen LogP contribution < -0.4 is 10.4 Å². The average molecular weight is 257 g/mol. The van der Waals surface area contributed by atoms with Gasteiger partial charge in [-0.1, -0.05) is 37.0 Å². The molecule has 98 valence electrons. The third kappa shape index (κ3) is 3.05. The van der Waals surface area contributed by atoms with Crippen molar-refractivity contribution in [3.8, 4) is 23.5 Å². The van der Waals surface area contributed by atoms with Crippen LogP contribution >= 0.6 is 0 Å². The summed E-state index contributed by atoms with van der Waals surface area (Å²) >= 11 is 0. The van der Waals surface area contributed by atoms with Gasteiger partial charge >= 0.3 is 11.7 Å². The molecule has 0 bridgehead atoms. The highest BCUT2D eigenvalue weighted by molar-refractivity contribution is 5.33. The molecule has 1 aromatic carbocycles. The summed E-state index contributed by atoms with van der Waals surface area (Å²) in [5.41, 5.74) is 0.365. The molecule has 1 aromatic heterocycles. The molecule has 1 unspecified atom stereocenters. The molecule has 0 fully saturated rings. The smallest absolute Gasteiger partial charge is 0.350 e. The van der Waals surface area contributed by atoms with E-state index in [1.54, 1.807) is 0 Å².